The SMILES string of the molecule is Oc1ccc(F)c2sc(I)cc12. The number of hydrogen-bond donors (Lipinski definition) is 1. The fourth-order valence-corrected chi connectivity index (χ4v) is 2.83. The minimum absolute atomic E-state index is 0.144. The van der Waals surface area contributed by atoms with E-state index in [0.29, 0.717) is 10.1 Å². The van der Waals surface area contributed by atoms with Crippen LogP contribution < -0.4 is 0 Å². The third kappa shape index (κ3) is 1.19. The topological polar surface area (TPSA) is 20.2 Å². The molecule has 1 heterocycles. The van der Waals surface area contributed by atoms with Crippen molar-refractivity contribution in [3.8, 4) is 5.75 Å². The fraction of sp³-hybridized carbons (Fsp3) is 0. The molecule has 4 heteroatoms. The molecule has 0 unspecified atom stereocenters. The Kier molecular flexibility index (Phi) is 1.96. The van der Waals surface area contributed by atoms with Gasteiger partial charge in [0.1, 0.15) is 11.6 Å². The largest absolute Gasteiger partial charge is 0.507 e. The predicted molar refractivity (Wildman–Crippen MR) is 56.2 cm³/mol. The van der Waals surface area contributed by atoms with Crippen molar-refractivity contribution in [1.29, 1.82) is 0 Å². The van der Waals surface area contributed by atoms with Gasteiger partial charge in [0.25, 0.3) is 0 Å². The number of rotatable bonds is 0. The van der Waals surface area contributed by atoms with Gasteiger partial charge in [0.05, 0.1) is 7.58 Å². The molecule has 1 aromatic carbocycles. The van der Waals surface area contributed by atoms with Gasteiger partial charge in [0.2, 0.25) is 0 Å². The summed E-state index contributed by atoms with van der Waals surface area (Å²) in [5, 5.41) is 9.95. The quantitative estimate of drug-likeness (QED) is 0.739. The number of fused-ring (bicyclic) bond motifs is 1. The Labute approximate surface area is 86.0 Å². The molecule has 0 radical (unpaired) electrons. The molecule has 62 valence electrons. The Morgan fingerprint density at radius 2 is 2.17 bits per heavy atom. The molecule has 0 saturated heterocycles. The van der Waals surface area contributed by atoms with E-state index in [1.165, 1.54) is 23.5 Å². The highest BCUT2D eigenvalue weighted by Gasteiger charge is 2.08. The van der Waals surface area contributed by atoms with Crippen LogP contribution in [0.25, 0.3) is 10.1 Å². The lowest BCUT2D eigenvalue weighted by Gasteiger charge is -1.93. The zero-order valence-corrected chi connectivity index (χ0v) is 8.82. The Balaban J connectivity index is 2.93. The van der Waals surface area contributed by atoms with Crippen LogP contribution >= 0.6 is 33.9 Å². The first kappa shape index (κ1) is 8.25. The minimum Gasteiger partial charge on any atom is -0.507 e. The molecule has 0 saturated carbocycles. The zero-order valence-electron chi connectivity index (χ0n) is 5.84. The van der Waals surface area contributed by atoms with Crippen LogP contribution in [0.4, 0.5) is 4.39 Å². The maximum absolute atomic E-state index is 13.1. The minimum atomic E-state index is -0.268. The van der Waals surface area contributed by atoms with Gasteiger partial charge in [-0.15, -0.1) is 11.3 Å². The third-order valence-electron chi connectivity index (χ3n) is 1.58. The van der Waals surface area contributed by atoms with Crippen LogP contribution in [0.1, 0.15) is 0 Å². The van der Waals surface area contributed by atoms with Crippen molar-refractivity contribution in [1.82, 2.24) is 0 Å². The van der Waals surface area contributed by atoms with E-state index in [-0.39, 0.29) is 11.6 Å². The number of thiophene rings is 1. The zero-order chi connectivity index (χ0) is 8.72. The first-order valence-corrected chi connectivity index (χ1v) is 5.14. The lowest BCUT2D eigenvalue weighted by Crippen LogP contribution is -1.72. The second kappa shape index (κ2) is 2.85. The number of benzene rings is 1. The summed E-state index contributed by atoms with van der Waals surface area (Å²) in [6.07, 6.45) is 0. The summed E-state index contributed by atoms with van der Waals surface area (Å²) in [7, 11) is 0. The van der Waals surface area contributed by atoms with Gasteiger partial charge >= 0.3 is 0 Å². The Hall–Kier alpha value is -0.360. The van der Waals surface area contributed by atoms with Crippen molar-refractivity contribution in [2.45, 2.75) is 0 Å². The third-order valence-corrected chi connectivity index (χ3v) is 3.49. The molecule has 2 rings (SSSR count). The highest BCUT2D eigenvalue weighted by Crippen LogP contribution is 2.34. The molecule has 0 atom stereocenters. The van der Waals surface area contributed by atoms with E-state index in [9.17, 15) is 9.50 Å². The summed E-state index contributed by atoms with van der Waals surface area (Å²) < 4.78 is 14.6. The van der Waals surface area contributed by atoms with E-state index < -0.39 is 0 Å². The Morgan fingerprint density at radius 1 is 1.42 bits per heavy atom. The number of phenols is 1. The first-order chi connectivity index (χ1) is 5.68. The van der Waals surface area contributed by atoms with Gasteiger partial charge in [-0.05, 0) is 40.8 Å². The summed E-state index contributed by atoms with van der Waals surface area (Å²) in [5.41, 5.74) is 0. The summed E-state index contributed by atoms with van der Waals surface area (Å²) >= 11 is 3.45. The molecule has 0 aliphatic carbocycles. The van der Waals surface area contributed by atoms with Crippen molar-refractivity contribution >= 4 is 44.0 Å². The molecule has 1 nitrogen and oxygen atoms in total. The van der Waals surface area contributed by atoms with Crippen molar-refractivity contribution in [3.05, 3.63) is 26.9 Å². The molecule has 0 bridgehead atoms. The summed E-state index contributed by atoms with van der Waals surface area (Å²) in [6.45, 7) is 0. The van der Waals surface area contributed by atoms with Gasteiger partial charge in [0.15, 0.2) is 0 Å². The van der Waals surface area contributed by atoms with Crippen LogP contribution in [0, 0.1) is 8.70 Å². The monoisotopic (exact) mass is 294 g/mol. The summed E-state index contributed by atoms with van der Waals surface area (Å²) in [5.74, 6) is -0.124. The van der Waals surface area contributed by atoms with Crippen molar-refractivity contribution in [3.63, 3.8) is 0 Å². The second-order valence-corrected chi connectivity index (χ2v) is 5.31. The van der Waals surface area contributed by atoms with Gasteiger partial charge < -0.3 is 5.11 Å². The van der Waals surface area contributed by atoms with E-state index in [1.807, 2.05) is 0 Å². The van der Waals surface area contributed by atoms with E-state index in [0.717, 1.165) is 2.88 Å². The van der Waals surface area contributed by atoms with E-state index in [4.69, 9.17) is 0 Å². The predicted octanol–water partition coefficient (Wildman–Crippen LogP) is 3.35. The number of hydrogen-bond acceptors (Lipinski definition) is 2. The Morgan fingerprint density at radius 3 is 2.83 bits per heavy atom. The molecule has 1 aromatic heterocycles. The van der Waals surface area contributed by atoms with E-state index >= 15 is 0 Å². The number of aromatic hydroxyl groups is 1. The van der Waals surface area contributed by atoms with Gasteiger partial charge in [-0.3, -0.25) is 0 Å². The van der Waals surface area contributed by atoms with Crippen molar-refractivity contribution in [2.24, 2.45) is 0 Å². The van der Waals surface area contributed by atoms with Crippen LogP contribution in [0.2, 0.25) is 0 Å². The molecule has 2 aromatic rings. The van der Waals surface area contributed by atoms with Gasteiger partial charge in [-0.25, -0.2) is 4.39 Å². The molecular formula is C8H4FIOS. The molecule has 12 heavy (non-hydrogen) atoms. The highest BCUT2D eigenvalue weighted by molar-refractivity contribution is 14.1. The summed E-state index contributed by atoms with van der Waals surface area (Å²) in [4.78, 5) is 0. The standard InChI is InChI=1S/C8H4FIOS/c9-5-1-2-6(11)4-3-7(10)12-8(4)5/h1-3,11H. The van der Waals surface area contributed by atoms with E-state index in [1.54, 1.807) is 6.07 Å². The lowest BCUT2D eigenvalue weighted by molar-refractivity contribution is 0.480. The fourth-order valence-electron chi connectivity index (χ4n) is 1.05. The van der Waals surface area contributed by atoms with Crippen LogP contribution in [-0.2, 0) is 0 Å². The maximum atomic E-state index is 13.1. The van der Waals surface area contributed by atoms with Gasteiger partial charge in [-0.1, -0.05) is 0 Å². The van der Waals surface area contributed by atoms with Gasteiger partial charge in [-0.2, -0.15) is 0 Å². The lowest BCUT2D eigenvalue weighted by atomic mass is 10.2. The van der Waals surface area contributed by atoms with Crippen LogP contribution in [-0.4, -0.2) is 5.11 Å². The molecule has 0 aliphatic rings. The molecule has 1 N–H and O–H groups in total. The van der Waals surface area contributed by atoms with E-state index in [2.05, 4.69) is 22.6 Å². The normalized spacial score (nSPS) is 10.8. The highest BCUT2D eigenvalue weighted by atomic mass is 127. The average molecular weight is 294 g/mol. The number of halogens is 2. The molecule has 0 fully saturated rings. The molecule has 0 amide bonds. The van der Waals surface area contributed by atoms with Crippen molar-refractivity contribution < 1.29 is 9.50 Å². The summed E-state index contributed by atoms with van der Waals surface area (Å²) in [6, 6.07) is 4.43. The van der Waals surface area contributed by atoms with Gasteiger partial charge in [0, 0.05) is 5.39 Å². The first-order valence-electron chi connectivity index (χ1n) is 3.25. The molecule has 0 spiro atoms. The molecular weight excluding hydrogens is 290 g/mol. The van der Waals surface area contributed by atoms with Crippen LogP contribution in [0.15, 0.2) is 18.2 Å². The van der Waals surface area contributed by atoms with Crippen LogP contribution in [0.3, 0.4) is 0 Å². The van der Waals surface area contributed by atoms with Crippen molar-refractivity contribution in [2.75, 3.05) is 0 Å². The maximum Gasteiger partial charge on any atom is 0.141 e. The average Bonchev–Trinajstić information content (AvgIpc) is 2.41. The number of phenolic OH excluding ortho intramolecular Hbond substituents is 1. The Bertz CT molecular complexity index is 399. The molecule has 0 aliphatic heterocycles. The second-order valence-electron chi connectivity index (χ2n) is 2.36. The van der Waals surface area contributed by atoms with Crippen LogP contribution in [0.5, 0.6) is 5.75 Å². The smallest absolute Gasteiger partial charge is 0.141 e.